The van der Waals surface area contributed by atoms with Gasteiger partial charge in [-0.25, -0.2) is 0 Å². The van der Waals surface area contributed by atoms with Crippen molar-refractivity contribution in [3.05, 3.63) is 35.9 Å². The summed E-state index contributed by atoms with van der Waals surface area (Å²) in [5.74, 6) is 0. The maximum absolute atomic E-state index is 9.41. The van der Waals surface area contributed by atoms with E-state index in [1.165, 1.54) is 69.8 Å². The Kier molecular flexibility index (Phi) is 15.3. The van der Waals surface area contributed by atoms with Crippen LogP contribution in [-0.4, -0.2) is 47.5 Å². The van der Waals surface area contributed by atoms with Crippen molar-refractivity contribution in [3.8, 4) is 0 Å². The number of nitrogens with zero attached hydrogens (tertiary/aromatic N) is 1. The van der Waals surface area contributed by atoms with Gasteiger partial charge in [-0.1, -0.05) is 88.6 Å². The second kappa shape index (κ2) is 17.0. The molecular weight excluding hydrogens is 346 g/mol. The van der Waals surface area contributed by atoms with Gasteiger partial charge < -0.3 is 14.7 Å². The van der Waals surface area contributed by atoms with Gasteiger partial charge in [0.1, 0.15) is 6.54 Å². The van der Waals surface area contributed by atoms with Crippen molar-refractivity contribution in [2.24, 2.45) is 0 Å². The quantitative estimate of drug-likeness (QED) is 0.234. The minimum absolute atomic E-state index is 0.256. The van der Waals surface area contributed by atoms with Crippen molar-refractivity contribution in [2.45, 2.75) is 90.5 Å². The normalized spacial score (nSPS) is 11.8. The van der Waals surface area contributed by atoms with Gasteiger partial charge in [0.2, 0.25) is 0 Å². The number of benzene rings is 1. The maximum atomic E-state index is 9.41. The van der Waals surface area contributed by atoms with E-state index in [0.717, 1.165) is 43.5 Å². The Morgan fingerprint density at radius 2 is 1.07 bits per heavy atom. The van der Waals surface area contributed by atoms with Crippen molar-refractivity contribution in [3.63, 3.8) is 0 Å². The van der Waals surface area contributed by atoms with Crippen LogP contribution in [0.15, 0.2) is 30.3 Å². The van der Waals surface area contributed by atoms with E-state index >= 15 is 0 Å². The van der Waals surface area contributed by atoms with Crippen molar-refractivity contribution >= 4 is 0 Å². The molecule has 1 aromatic carbocycles. The average molecular weight is 393 g/mol. The van der Waals surface area contributed by atoms with Crippen LogP contribution in [-0.2, 0) is 6.54 Å². The molecule has 28 heavy (non-hydrogen) atoms. The van der Waals surface area contributed by atoms with Crippen LogP contribution in [0.1, 0.15) is 89.5 Å². The molecule has 0 aromatic heterocycles. The molecule has 0 spiro atoms. The molecule has 0 atom stereocenters. The smallest absolute Gasteiger partial charge is 0.104 e. The third-order valence-electron chi connectivity index (χ3n) is 5.93. The van der Waals surface area contributed by atoms with Crippen molar-refractivity contribution < 1.29 is 14.7 Å². The van der Waals surface area contributed by atoms with E-state index in [9.17, 15) is 10.2 Å². The highest BCUT2D eigenvalue weighted by Gasteiger charge is 2.26. The molecule has 2 N–H and O–H groups in total. The number of hydrogen-bond donors (Lipinski definition) is 2. The fourth-order valence-corrected chi connectivity index (χ4v) is 4.29. The summed E-state index contributed by atoms with van der Waals surface area (Å²) in [7, 11) is 0. The van der Waals surface area contributed by atoms with Gasteiger partial charge in [0.05, 0.1) is 19.6 Å². The van der Waals surface area contributed by atoms with E-state index < -0.39 is 0 Å². The molecule has 0 unspecified atom stereocenters. The minimum atomic E-state index is 0.256. The first kappa shape index (κ1) is 25.1. The van der Waals surface area contributed by atoms with Gasteiger partial charge in [-0.2, -0.15) is 0 Å². The Labute approximate surface area is 174 Å². The molecule has 0 radical (unpaired) electrons. The molecule has 0 aliphatic rings. The number of hydrogen-bond acceptors (Lipinski definition) is 2. The molecule has 0 aliphatic carbocycles. The van der Waals surface area contributed by atoms with Crippen LogP contribution in [0, 0.1) is 0 Å². The highest BCUT2D eigenvalue weighted by molar-refractivity contribution is 5.13. The zero-order chi connectivity index (χ0) is 20.3. The number of rotatable bonds is 19. The second-order valence-electron chi connectivity index (χ2n) is 8.49. The first-order chi connectivity index (χ1) is 13.8. The molecule has 3 heteroatoms. The third kappa shape index (κ3) is 11.8. The molecular formula is C25H46NO2+. The van der Waals surface area contributed by atoms with Gasteiger partial charge >= 0.3 is 0 Å². The Hall–Kier alpha value is -0.900. The molecule has 162 valence electrons. The van der Waals surface area contributed by atoms with Crippen molar-refractivity contribution in [1.82, 2.24) is 0 Å². The zero-order valence-corrected chi connectivity index (χ0v) is 18.5. The summed E-state index contributed by atoms with van der Waals surface area (Å²) >= 11 is 0. The highest BCUT2D eigenvalue weighted by Crippen LogP contribution is 2.20. The molecule has 0 heterocycles. The fraction of sp³-hybridized carbons (Fsp3) is 0.760. The molecule has 0 bridgehead atoms. The summed E-state index contributed by atoms with van der Waals surface area (Å²) in [6, 6.07) is 10.7. The largest absolute Gasteiger partial charge is 0.396 e. The fourth-order valence-electron chi connectivity index (χ4n) is 4.29. The van der Waals surface area contributed by atoms with E-state index in [4.69, 9.17) is 0 Å². The van der Waals surface area contributed by atoms with E-state index in [-0.39, 0.29) is 13.2 Å². The van der Waals surface area contributed by atoms with Gasteiger partial charge in [0.25, 0.3) is 0 Å². The van der Waals surface area contributed by atoms with Crippen LogP contribution in [0.4, 0.5) is 0 Å². The van der Waals surface area contributed by atoms with Gasteiger partial charge in [0, 0.05) is 31.6 Å². The van der Waals surface area contributed by atoms with E-state index in [2.05, 4.69) is 37.3 Å². The summed E-state index contributed by atoms with van der Waals surface area (Å²) in [4.78, 5) is 0. The van der Waals surface area contributed by atoms with Crippen molar-refractivity contribution in [1.29, 1.82) is 0 Å². The lowest BCUT2D eigenvalue weighted by Gasteiger charge is -2.39. The van der Waals surface area contributed by atoms with Crippen LogP contribution in [0.3, 0.4) is 0 Å². The Morgan fingerprint density at radius 1 is 0.607 bits per heavy atom. The van der Waals surface area contributed by atoms with Crippen LogP contribution in [0.5, 0.6) is 0 Å². The lowest BCUT2D eigenvalue weighted by molar-refractivity contribution is -0.941. The number of aliphatic hydroxyl groups excluding tert-OH is 2. The predicted octanol–water partition coefficient (Wildman–Crippen LogP) is 5.69. The zero-order valence-electron chi connectivity index (χ0n) is 18.5. The van der Waals surface area contributed by atoms with Gasteiger partial charge in [-0.15, -0.1) is 0 Å². The predicted molar refractivity (Wildman–Crippen MR) is 120 cm³/mol. The molecule has 0 saturated carbocycles. The second-order valence-corrected chi connectivity index (χ2v) is 8.49. The SMILES string of the molecule is CCCCCCCCCCCC[N+](CCCO)(CCCO)Cc1ccccc1. The monoisotopic (exact) mass is 392 g/mol. The summed E-state index contributed by atoms with van der Waals surface area (Å²) < 4.78 is 1.00. The van der Waals surface area contributed by atoms with Gasteiger partial charge in [-0.05, 0) is 12.8 Å². The number of aliphatic hydroxyl groups is 2. The lowest BCUT2D eigenvalue weighted by atomic mass is 10.1. The maximum Gasteiger partial charge on any atom is 0.104 e. The standard InChI is InChI=1S/C25H46NO2/c1-2-3-4-5-6-7-8-9-10-14-19-26(20-15-22-27,21-16-23-28)24-25-17-12-11-13-18-25/h11-13,17-18,27-28H,2-10,14-16,19-24H2,1H3/q+1. The van der Waals surface area contributed by atoms with E-state index in [0.29, 0.717) is 0 Å². The highest BCUT2D eigenvalue weighted by atomic mass is 16.3. The number of quaternary nitrogens is 1. The third-order valence-corrected chi connectivity index (χ3v) is 5.93. The molecule has 0 amide bonds. The molecule has 1 aromatic rings. The summed E-state index contributed by atoms with van der Waals surface area (Å²) in [6.07, 6.45) is 15.3. The van der Waals surface area contributed by atoms with Gasteiger partial charge in [-0.3, -0.25) is 0 Å². The Bertz CT molecular complexity index is 441. The van der Waals surface area contributed by atoms with Gasteiger partial charge in [0.15, 0.2) is 0 Å². The molecule has 1 rings (SSSR count). The summed E-state index contributed by atoms with van der Waals surface area (Å²) in [5.41, 5.74) is 1.37. The topological polar surface area (TPSA) is 40.5 Å². The first-order valence-corrected chi connectivity index (χ1v) is 11.9. The number of unbranched alkanes of at least 4 members (excludes halogenated alkanes) is 9. The minimum Gasteiger partial charge on any atom is -0.396 e. The van der Waals surface area contributed by atoms with Crippen LogP contribution in [0.25, 0.3) is 0 Å². The first-order valence-electron chi connectivity index (χ1n) is 11.9. The summed E-state index contributed by atoms with van der Waals surface area (Å²) in [6.45, 7) is 6.96. The van der Waals surface area contributed by atoms with Crippen LogP contribution >= 0.6 is 0 Å². The average Bonchev–Trinajstić information content (AvgIpc) is 2.72. The Morgan fingerprint density at radius 3 is 1.57 bits per heavy atom. The van der Waals surface area contributed by atoms with Crippen LogP contribution in [0.2, 0.25) is 0 Å². The molecule has 0 fully saturated rings. The van der Waals surface area contributed by atoms with Crippen LogP contribution < -0.4 is 0 Å². The van der Waals surface area contributed by atoms with Crippen molar-refractivity contribution in [2.75, 3.05) is 32.8 Å². The molecule has 0 saturated heterocycles. The van der Waals surface area contributed by atoms with E-state index in [1.54, 1.807) is 0 Å². The molecule has 3 nitrogen and oxygen atoms in total. The molecule has 0 aliphatic heterocycles. The Balaban J connectivity index is 2.43. The lowest BCUT2D eigenvalue weighted by Crippen LogP contribution is -2.49. The summed E-state index contributed by atoms with van der Waals surface area (Å²) in [5, 5.41) is 18.8. The van der Waals surface area contributed by atoms with E-state index in [1.807, 2.05) is 0 Å².